The van der Waals surface area contributed by atoms with Gasteiger partial charge in [-0.3, -0.25) is 4.79 Å². The fourth-order valence-corrected chi connectivity index (χ4v) is 5.09. The minimum atomic E-state index is 0.207. The molecule has 2 atom stereocenters. The molecule has 0 aromatic carbocycles. The smallest absolute Gasteiger partial charge is 0.264 e. The largest absolute Gasteiger partial charge is 0.333 e. The Bertz CT molecular complexity index is 475. The molecule has 0 N–H and O–H groups in total. The van der Waals surface area contributed by atoms with Gasteiger partial charge in [-0.25, -0.2) is 0 Å². The van der Waals surface area contributed by atoms with E-state index >= 15 is 0 Å². The van der Waals surface area contributed by atoms with Crippen molar-refractivity contribution in [2.75, 3.05) is 12.4 Å². The molecule has 3 rings (SSSR count). The predicted octanol–water partition coefficient (Wildman–Crippen LogP) is 4.11. The lowest BCUT2D eigenvalue weighted by molar-refractivity contribution is 0.0742. The summed E-state index contributed by atoms with van der Waals surface area (Å²) < 4.78 is 0. The number of rotatable bonds is 2. The topological polar surface area (TPSA) is 20.3 Å². The van der Waals surface area contributed by atoms with E-state index in [0.29, 0.717) is 11.8 Å². The number of fused-ring (bicyclic) bond motifs is 1. The van der Waals surface area contributed by atoms with Crippen molar-refractivity contribution in [3.63, 3.8) is 0 Å². The third-order valence-electron chi connectivity index (χ3n) is 4.76. The second-order valence-electron chi connectivity index (χ2n) is 6.11. The SMILES string of the molecule is CC1CCN(C(=O)c2cc3c(s2)CCCCC3)C1CCl. The molecule has 1 aliphatic carbocycles. The molecule has 1 saturated heterocycles. The van der Waals surface area contributed by atoms with Crippen LogP contribution in [0.5, 0.6) is 0 Å². The molecule has 0 spiro atoms. The van der Waals surface area contributed by atoms with Gasteiger partial charge in [-0.2, -0.15) is 0 Å². The minimum Gasteiger partial charge on any atom is -0.333 e. The molecule has 110 valence electrons. The first kappa shape index (κ1) is 14.4. The molecule has 0 saturated carbocycles. The first-order valence-electron chi connectivity index (χ1n) is 7.69. The maximum atomic E-state index is 12.7. The van der Waals surface area contributed by atoms with Gasteiger partial charge >= 0.3 is 0 Å². The summed E-state index contributed by atoms with van der Waals surface area (Å²) in [6.07, 6.45) is 7.24. The summed E-state index contributed by atoms with van der Waals surface area (Å²) >= 11 is 7.78. The fourth-order valence-electron chi connectivity index (χ4n) is 3.41. The van der Waals surface area contributed by atoms with Crippen LogP contribution in [0.1, 0.15) is 52.7 Å². The van der Waals surface area contributed by atoms with Crippen molar-refractivity contribution in [3.8, 4) is 0 Å². The van der Waals surface area contributed by atoms with Crippen LogP contribution in [0, 0.1) is 5.92 Å². The van der Waals surface area contributed by atoms with E-state index in [1.54, 1.807) is 11.3 Å². The van der Waals surface area contributed by atoms with E-state index in [9.17, 15) is 4.79 Å². The van der Waals surface area contributed by atoms with Crippen molar-refractivity contribution >= 4 is 28.8 Å². The Balaban J connectivity index is 1.81. The van der Waals surface area contributed by atoms with Crippen LogP contribution in [0.25, 0.3) is 0 Å². The fraction of sp³-hybridized carbons (Fsp3) is 0.688. The molecule has 2 unspecified atom stereocenters. The minimum absolute atomic E-state index is 0.207. The van der Waals surface area contributed by atoms with E-state index in [1.165, 1.54) is 29.7 Å². The summed E-state index contributed by atoms with van der Waals surface area (Å²) in [4.78, 5) is 17.1. The van der Waals surface area contributed by atoms with Gasteiger partial charge in [0, 0.05) is 23.3 Å². The van der Waals surface area contributed by atoms with Gasteiger partial charge in [-0.15, -0.1) is 22.9 Å². The molecular formula is C16H22ClNOS. The molecule has 2 nitrogen and oxygen atoms in total. The van der Waals surface area contributed by atoms with Crippen LogP contribution in [0.4, 0.5) is 0 Å². The molecule has 1 fully saturated rings. The summed E-state index contributed by atoms with van der Waals surface area (Å²) in [5.41, 5.74) is 1.42. The number of hydrogen-bond acceptors (Lipinski definition) is 2. The lowest BCUT2D eigenvalue weighted by Crippen LogP contribution is -2.38. The average molecular weight is 312 g/mol. The summed E-state index contributed by atoms with van der Waals surface area (Å²) in [5, 5.41) is 0. The molecule has 2 heterocycles. The van der Waals surface area contributed by atoms with Gasteiger partial charge in [-0.05, 0) is 49.7 Å². The second-order valence-corrected chi connectivity index (χ2v) is 7.55. The van der Waals surface area contributed by atoms with Crippen LogP contribution < -0.4 is 0 Å². The van der Waals surface area contributed by atoms with Crippen LogP contribution in [0.2, 0.25) is 0 Å². The van der Waals surface area contributed by atoms with Gasteiger partial charge in [0.1, 0.15) is 0 Å². The number of likely N-dealkylation sites (tertiary alicyclic amines) is 1. The molecule has 4 heteroatoms. The molecule has 1 amide bonds. The van der Waals surface area contributed by atoms with E-state index in [4.69, 9.17) is 11.6 Å². The lowest BCUT2D eigenvalue weighted by atomic mass is 10.1. The standard InChI is InChI=1S/C16H22ClNOS/c1-11-7-8-18(13(11)10-17)16(19)15-9-12-5-3-2-4-6-14(12)20-15/h9,11,13H,2-8,10H2,1H3. The molecule has 1 aliphatic heterocycles. The number of nitrogens with zero attached hydrogens (tertiary/aromatic N) is 1. The number of alkyl halides is 1. The zero-order chi connectivity index (χ0) is 14.1. The normalized spacial score (nSPS) is 26.4. The van der Waals surface area contributed by atoms with Gasteiger partial charge in [0.15, 0.2) is 0 Å². The van der Waals surface area contributed by atoms with Crippen molar-refractivity contribution in [1.82, 2.24) is 4.90 Å². The zero-order valence-electron chi connectivity index (χ0n) is 12.0. The number of carbonyl (C=O) groups excluding carboxylic acids is 1. The maximum Gasteiger partial charge on any atom is 0.264 e. The van der Waals surface area contributed by atoms with Gasteiger partial charge in [-0.1, -0.05) is 13.3 Å². The van der Waals surface area contributed by atoms with Crippen molar-refractivity contribution in [2.45, 2.75) is 51.5 Å². The predicted molar refractivity (Wildman–Crippen MR) is 84.9 cm³/mol. The second kappa shape index (κ2) is 6.07. The Kier molecular flexibility index (Phi) is 4.37. The zero-order valence-corrected chi connectivity index (χ0v) is 13.6. The van der Waals surface area contributed by atoms with Crippen molar-refractivity contribution in [1.29, 1.82) is 0 Å². The van der Waals surface area contributed by atoms with Gasteiger partial charge in [0.05, 0.1) is 4.88 Å². The first-order valence-corrected chi connectivity index (χ1v) is 9.04. The van der Waals surface area contributed by atoms with E-state index in [-0.39, 0.29) is 11.9 Å². The molecule has 1 aromatic heterocycles. The highest BCUT2D eigenvalue weighted by molar-refractivity contribution is 7.14. The Morgan fingerprint density at radius 3 is 3.00 bits per heavy atom. The van der Waals surface area contributed by atoms with Crippen LogP contribution >= 0.6 is 22.9 Å². The summed E-state index contributed by atoms with van der Waals surface area (Å²) in [6.45, 7) is 3.06. The monoisotopic (exact) mass is 311 g/mol. The summed E-state index contributed by atoms with van der Waals surface area (Å²) in [6, 6.07) is 2.37. The third-order valence-corrected chi connectivity index (χ3v) is 6.30. The van der Waals surface area contributed by atoms with Crippen LogP contribution in [-0.2, 0) is 12.8 Å². The quantitative estimate of drug-likeness (QED) is 0.594. The Morgan fingerprint density at radius 2 is 2.20 bits per heavy atom. The van der Waals surface area contributed by atoms with Gasteiger partial charge < -0.3 is 4.90 Å². The Morgan fingerprint density at radius 1 is 1.40 bits per heavy atom. The third kappa shape index (κ3) is 2.62. The lowest BCUT2D eigenvalue weighted by Gasteiger charge is -2.24. The van der Waals surface area contributed by atoms with Gasteiger partial charge in [0.25, 0.3) is 5.91 Å². The first-order chi connectivity index (χ1) is 9.70. The average Bonchev–Trinajstić information content (AvgIpc) is 2.95. The number of hydrogen-bond donors (Lipinski definition) is 0. The van der Waals surface area contributed by atoms with Crippen LogP contribution in [0.15, 0.2) is 6.07 Å². The molecular weight excluding hydrogens is 290 g/mol. The van der Waals surface area contributed by atoms with Gasteiger partial charge in [0.2, 0.25) is 0 Å². The van der Waals surface area contributed by atoms with Crippen molar-refractivity contribution in [3.05, 3.63) is 21.4 Å². The number of aryl methyl sites for hydroxylation is 2. The maximum absolute atomic E-state index is 12.7. The highest BCUT2D eigenvalue weighted by Crippen LogP contribution is 2.32. The highest BCUT2D eigenvalue weighted by atomic mass is 35.5. The number of amides is 1. The Labute approximate surface area is 130 Å². The molecule has 1 aromatic rings. The van der Waals surface area contributed by atoms with E-state index in [1.807, 2.05) is 4.90 Å². The molecule has 20 heavy (non-hydrogen) atoms. The molecule has 0 bridgehead atoms. The van der Waals surface area contributed by atoms with E-state index in [0.717, 1.165) is 30.7 Å². The highest BCUT2D eigenvalue weighted by Gasteiger charge is 2.35. The molecule has 2 aliphatic rings. The van der Waals surface area contributed by atoms with Crippen molar-refractivity contribution in [2.24, 2.45) is 5.92 Å². The number of halogens is 1. The number of carbonyl (C=O) groups is 1. The summed E-state index contributed by atoms with van der Waals surface area (Å²) in [5.74, 6) is 1.28. The van der Waals surface area contributed by atoms with Crippen molar-refractivity contribution < 1.29 is 4.79 Å². The molecule has 0 radical (unpaired) electrons. The number of thiophene rings is 1. The van der Waals surface area contributed by atoms with Crippen LogP contribution in [0.3, 0.4) is 0 Å². The van der Waals surface area contributed by atoms with E-state index < -0.39 is 0 Å². The van der Waals surface area contributed by atoms with E-state index in [2.05, 4.69) is 13.0 Å². The van der Waals surface area contributed by atoms with Crippen LogP contribution in [-0.4, -0.2) is 29.3 Å². The Hall–Kier alpha value is -0.540. The summed E-state index contributed by atoms with van der Waals surface area (Å²) in [7, 11) is 0.